The molecule has 0 bridgehead atoms. The molecule has 110 valence electrons. The van der Waals surface area contributed by atoms with Crippen LogP contribution in [0.25, 0.3) is 0 Å². The predicted octanol–water partition coefficient (Wildman–Crippen LogP) is -0.570. The molecule has 2 aliphatic heterocycles. The topological polar surface area (TPSA) is 134 Å². The van der Waals surface area contributed by atoms with Crippen LogP contribution in [-0.4, -0.2) is 28.8 Å². The first-order valence-electron chi connectivity index (χ1n) is 5.67. The molecule has 4 atom stereocenters. The van der Waals surface area contributed by atoms with Gasteiger partial charge in [0.1, 0.15) is 17.2 Å². The van der Waals surface area contributed by atoms with E-state index >= 15 is 0 Å². The van der Waals surface area contributed by atoms with Crippen molar-refractivity contribution in [2.75, 3.05) is 6.61 Å². The minimum Gasteiger partial charge on any atom is -0.756 e. The zero-order valence-electron chi connectivity index (χ0n) is 9.83. The van der Waals surface area contributed by atoms with Crippen LogP contribution >= 0.6 is 19.4 Å². The van der Waals surface area contributed by atoms with Gasteiger partial charge in [0.25, 0.3) is 13.4 Å². The lowest BCUT2D eigenvalue weighted by Gasteiger charge is -2.33. The highest BCUT2D eigenvalue weighted by molar-refractivity contribution is 7.45. The SMILES string of the molecule is O=c1[nH]c([C@H]2CC3OP(=O)([O-])OCC3O2)c(Cl)c(=O)[nH]1. The van der Waals surface area contributed by atoms with Gasteiger partial charge in [-0.15, -0.1) is 0 Å². The van der Waals surface area contributed by atoms with Crippen LogP contribution in [0, 0.1) is 0 Å². The Morgan fingerprint density at radius 2 is 2.05 bits per heavy atom. The number of rotatable bonds is 1. The van der Waals surface area contributed by atoms with Gasteiger partial charge in [0.05, 0.1) is 18.4 Å². The van der Waals surface area contributed by atoms with Crippen molar-refractivity contribution in [3.8, 4) is 0 Å². The summed E-state index contributed by atoms with van der Waals surface area (Å²) in [6.07, 6.45) is -1.93. The van der Waals surface area contributed by atoms with E-state index in [9.17, 15) is 19.0 Å². The summed E-state index contributed by atoms with van der Waals surface area (Å²) in [5.74, 6) is 0. The van der Waals surface area contributed by atoms with Gasteiger partial charge < -0.3 is 23.7 Å². The van der Waals surface area contributed by atoms with Crippen molar-refractivity contribution in [2.45, 2.75) is 24.7 Å². The van der Waals surface area contributed by atoms with E-state index in [2.05, 4.69) is 9.51 Å². The molecular weight excluding hydrogens is 315 g/mol. The monoisotopic (exact) mass is 323 g/mol. The molecule has 2 aliphatic rings. The molecule has 3 rings (SSSR count). The fourth-order valence-corrected chi connectivity index (χ4v) is 3.39. The van der Waals surface area contributed by atoms with Crippen molar-refractivity contribution in [3.63, 3.8) is 0 Å². The van der Waals surface area contributed by atoms with E-state index in [0.29, 0.717) is 0 Å². The highest BCUT2D eigenvalue weighted by Crippen LogP contribution is 2.50. The average Bonchev–Trinajstić information content (AvgIpc) is 2.74. The van der Waals surface area contributed by atoms with Crippen LogP contribution in [0.3, 0.4) is 0 Å². The van der Waals surface area contributed by atoms with Gasteiger partial charge in [-0.25, -0.2) is 4.79 Å². The highest BCUT2D eigenvalue weighted by atomic mass is 35.5. The number of hydrogen-bond acceptors (Lipinski definition) is 7. The Kier molecular flexibility index (Phi) is 3.36. The smallest absolute Gasteiger partial charge is 0.326 e. The Bertz CT molecular complexity index is 700. The number of phosphoric ester groups is 1. The number of ether oxygens (including phenoxy) is 1. The third-order valence-electron chi connectivity index (χ3n) is 3.09. The number of halogens is 1. The Labute approximate surface area is 116 Å². The van der Waals surface area contributed by atoms with E-state index in [4.69, 9.17) is 20.9 Å². The fraction of sp³-hybridized carbons (Fsp3) is 0.556. The summed E-state index contributed by atoms with van der Waals surface area (Å²) >= 11 is 5.82. The molecule has 1 aromatic rings. The largest absolute Gasteiger partial charge is 0.756 e. The highest BCUT2D eigenvalue weighted by Gasteiger charge is 2.43. The minimum absolute atomic E-state index is 0.0964. The summed E-state index contributed by atoms with van der Waals surface area (Å²) < 4.78 is 26.0. The molecule has 2 saturated heterocycles. The lowest BCUT2D eigenvalue weighted by atomic mass is 10.1. The van der Waals surface area contributed by atoms with Crippen LogP contribution in [0.15, 0.2) is 9.59 Å². The van der Waals surface area contributed by atoms with Crippen LogP contribution in [0.4, 0.5) is 0 Å². The molecule has 0 aromatic carbocycles. The summed E-state index contributed by atoms with van der Waals surface area (Å²) in [6, 6.07) is 0. The number of hydrogen-bond donors (Lipinski definition) is 2. The average molecular weight is 324 g/mol. The van der Waals surface area contributed by atoms with E-state index in [1.165, 1.54) is 0 Å². The third-order valence-corrected chi connectivity index (χ3v) is 4.46. The standard InChI is InChI=1S/C9H10ClN2O7P/c10-6-7(11-9(14)12-8(6)13)4-1-3-5(18-4)2-17-20(15,16)19-3/h3-5H,1-2H2,(H,15,16)(H2,11,12,13,14)/p-1/t3?,4-,5?/m1/s1. The second-order valence-electron chi connectivity index (χ2n) is 4.42. The summed E-state index contributed by atoms with van der Waals surface area (Å²) in [7, 11) is -4.31. The Hall–Kier alpha value is -0.960. The Morgan fingerprint density at radius 1 is 1.30 bits per heavy atom. The van der Waals surface area contributed by atoms with E-state index in [1.54, 1.807) is 0 Å². The molecular formula is C9H9ClN2O7P-. The zero-order valence-corrected chi connectivity index (χ0v) is 11.5. The Balaban J connectivity index is 1.90. The number of aromatic nitrogens is 2. The number of nitrogens with one attached hydrogen (secondary N) is 2. The number of fused-ring (bicyclic) bond motifs is 1. The summed E-state index contributed by atoms with van der Waals surface area (Å²) in [5, 5.41) is -0.209. The number of phosphoric acid groups is 1. The van der Waals surface area contributed by atoms with Gasteiger partial charge in [-0.05, 0) is 0 Å². The van der Waals surface area contributed by atoms with Crippen LogP contribution in [-0.2, 0) is 18.3 Å². The van der Waals surface area contributed by atoms with Crippen molar-refractivity contribution in [1.29, 1.82) is 0 Å². The van der Waals surface area contributed by atoms with Crippen molar-refractivity contribution in [1.82, 2.24) is 9.97 Å². The maximum atomic E-state index is 11.4. The summed E-state index contributed by atoms with van der Waals surface area (Å²) in [5.41, 5.74) is -1.37. The molecule has 0 radical (unpaired) electrons. The Morgan fingerprint density at radius 3 is 2.80 bits per heavy atom. The third kappa shape index (κ3) is 2.48. The van der Waals surface area contributed by atoms with Crippen molar-refractivity contribution in [3.05, 3.63) is 31.6 Å². The molecule has 0 amide bonds. The van der Waals surface area contributed by atoms with Crippen LogP contribution in [0.5, 0.6) is 0 Å². The second-order valence-corrected chi connectivity index (χ2v) is 6.16. The molecule has 20 heavy (non-hydrogen) atoms. The molecule has 11 heteroatoms. The first-order valence-corrected chi connectivity index (χ1v) is 7.51. The lowest BCUT2D eigenvalue weighted by molar-refractivity contribution is -0.243. The molecule has 3 unspecified atom stereocenters. The van der Waals surface area contributed by atoms with E-state index in [-0.39, 0.29) is 23.7 Å². The van der Waals surface area contributed by atoms with Gasteiger partial charge >= 0.3 is 5.69 Å². The normalized spacial score (nSPS) is 36.8. The fourth-order valence-electron chi connectivity index (χ4n) is 2.23. The first kappa shape index (κ1) is 14.0. The summed E-state index contributed by atoms with van der Waals surface area (Å²) in [4.78, 5) is 38.2. The van der Waals surface area contributed by atoms with E-state index < -0.39 is 37.4 Å². The van der Waals surface area contributed by atoms with Crippen LogP contribution in [0.2, 0.25) is 5.02 Å². The van der Waals surface area contributed by atoms with E-state index in [0.717, 1.165) is 0 Å². The molecule has 2 N–H and O–H groups in total. The quantitative estimate of drug-likeness (QED) is 0.661. The number of H-pyrrole nitrogens is 2. The van der Waals surface area contributed by atoms with Crippen LogP contribution in [0.1, 0.15) is 18.2 Å². The molecule has 2 fully saturated rings. The van der Waals surface area contributed by atoms with E-state index in [1.807, 2.05) is 4.98 Å². The zero-order chi connectivity index (χ0) is 14.5. The van der Waals surface area contributed by atoms with Crippen molar-refractivity contribution in [2.24, 2.45) is 0 Å². The second kappa shape index (κ2) is 4.80. The maximum absolute atomic E-state index is 11.4. The van der Waals surface area contributed by atoms with Gasteiger partial charge in [-0.3, -0.25) is 14.3 Å². The first-order chi connectivity index (χ1) is 9.35. The van der Waals surface area contributed by atoms with Crippen molar-refractivity contribution >= 4 is 19.4 Å². The molecule has 0 saturated carbocycles. The predicted molar refractivity (Wildman–Crippen MR) is 63.4 cm³/mol. The molecule has 1 aromatic heterocycles. The molecule has 3 heterocycles. The minimum atomic E-state index is -4.31. The summed E-state index contributed by atoms with van der Waals surface area (Å²) in [6.45, 7) is -0.174. The lowest BCUT2D eigenvalue weighted by Crippen LogP contribution is -2.35. The van der Waals surface area contributed by atoms with Gasteiger partial charge in [-0.2, -0.15) is 0 Å². The molecule has 0 aliphatic carbocycles. The van der Waals surface area contributed by atoms with Crippen LogP contribution < -0.4 is 16.1 Å². The van der Waals surface area contributed by atoms with Gasteiger partial charge in [0, 0.05) is 6.42 Å². The number of aromatic amines is 2. The van der Waals surface area contributed by atoms with Gasteiger partial charge in [0.15, 0.2) is 0 Å². The van der Waals surface area contributed by atoms with Gasteiger partial charge in [0.2, 0.25) is 0 Å². The molecule has 0 spiro atoms. The van der Waals surface area contributed by atoms with Crippen molar-refractivity contribution < 1.29 is 23.2 Å². The van der Waals surface area contributed by atoms with Gasteiger partial charge in [-0.1, -0.05) is 11.6 Å². The maximum Gasteiger partial charge on any atom is 0.326 e. The molecule has 9 nitrogen and oxygen atoms in total.